The van der Waals surface area contributed by atoms with Crippen molar-refractivity contribution in [2.24, 2.45) is 0 Å². The molecule has 0 bridgehead atoms. The molecule has 3 aromatic rings. The summed E-state index contributed by atoms with van der Waals surface area (Å²) in [5, 5.41) is 2.79. The number of fused-ring (bicyclic) bond motifs is 1. The fourth-order valence-corrected chi connectivity index (χ4v) is 4.50. The number of nitrogens with one attached hydrogen (secondary N) is 1. The highest BCUT2D eigenvalue weighted by Gasteiger charge is 2.35. The number of hydrogen-bond acceptors (Lipinski definition) is 5. The van der Waals surface area contributed by atoms with Gasteiger partial charge in [0.05, 0.1) is 17.3 Å². The van der Waals surface area contributed by atoms with Crippen molar-refractivity contribution < 1.29 is 27.5 Å². The Hall–Kier alpha value is -3.86. The van der Waals surface area contributed by atoms with Crippen LogP contribution in [0.25, 0.3) is 0 Å². The summed E-state index contributed by atoms with van der Waals surface area (Å²) in [4.78, 5) is 34.3. The van der Waals surface area contributed by atoms with Crippen LogP contribution in [-0.4, -0.2) is 59.1 Å². The summed E-state index contributed by atoms with van der Waals surface area (Å²) in [6, 6.07) is 7.45. The van der Waals surface area contributed by atoms with E-state index in [1.807, 2.05) is 14.0 Å². The monoisotopic (exact) mass is 499 g/mol. The summed E-state index contributed by atoms with van der Waals surface area (Å²) in [6.07, 6.45) is 0.260. The van der Waals surface area contributed by atoms with Gasteiger partial charge in [0.1, 0.15) is 23.2 Å². The van der Waals surface area contributed by atoms with Crippen molar-refractivity contribution in [1.82, 2.24) is 14.5 Å². The summed E-state index contributed by atoms with van der Waals surface area (Å²) in [5.41, 5.74) is 0.231. The number of likely N-dealkylation sites (N-methyl/N-ethyl adjacent to an activating group) is 1. The molecule has 0 unspecified atom stereocenters. The Balaban J connectivity index is 1.39. The quantitative estimate of drug-likeness (QED) is 0.573. The predicted octanol–water partition coefficient (Wildman–Crippen LogP) is 4.07. The van der Waals surface area contributed by atoms with Gasteiger partial charge in [-0.05, 0) is 44.3 Å². The van der Waals surface area contributed by atoms with E-state index in [4.69, 9.17) is 4.74 Å². The van der Waals surface area contributed by atoms with E-state index in [9.17, 15) is 22.8 Å². The summed E-state index contributed by atoms with van der Waals surface area (Å²) in [7, 11) is 1.98. The summed E-state index contributed by atoms with van der Waals surface area (Å²) >= 11 is 0. The summed E-state index contributed by atoms with van der Waals surface area (Å²) in [5.74, 6) is -0.499. The molecule has 8 nitrogen and oxygen atoms in total. The van der Waals surface area contributed by atoms with Crippen LogP contribution >= 0.6 is 0 Å². The lowest BCUT2D eigenvalue weighted by molar-refractivity contribution is -0.137. The van der Waals surface area contributed by atoms with Gasteiger partial charge in [0.2, 0.25) is 0 Å². The molecule has 2 aliphatic heterocycles. The maximum Gasteiger partial charge on any atom is 0.416 e. The topological polar surface area (TPSA) is 79.7 Å². The Morgan fingerprint density at radius 3 is 2.50 bits per heavy atom. The molecule has 0 saturated carbocycles. The first kappa shape index (κ1) is 23.9. The normalized spacial score (nSPS) is 18.5. The molecule has 0 radical (unpaired) electrons. The number of benzene rings is 1. The van der Waals surface area contributed by atoms with Crippen LogP contribution in [0.5, 0.6) is 5.75 Å². The smallest absolute Gasteiger partial charge is 0.416 e. The fourth-order valence-electron chi connectivity index (χ4n) is 4.50. The molecule has 1 aromatic carbocycles. The van der Waals surface area contributed by atoms with Gasteiger partial charge in [-0.2, -0.15) is 13.2 Å². The Morgan fingerprint density at radius 2 is 1.83 bits per heavy atom. The van der Waals surface area contributed by atoms with Crippen LogP contribution < -0.4 is 15.0 Å². The summed E-state index contributed by atoms with van der Waals surface area (Å²) < 4.78 is 46.6. The van der Waals surface area contributed by atoms with E-state index >= 15 is 0 Å². The number of halogens is 3. The Kier molecular flexibility index (Phi) is 5.95. The zero-order valence-electron chi connectivity index (χ0n) is 19.6. The fraction of sp³-hybridized carbons (Fsp3) is 0.320. The van der Waals surface area contributed by atoms with Crippen molar-refractivity contribution >= 4 is 23.2 Å². The molecule has 2 aromatic heterocycles. The van der Waals surface area contributed by atoms with Crippen LogP contribution in [0.3, 0.4) is 0 Å². The molecule has 36 heavy (non-hydrogen) atoms. The third-order valence-electron chi connectivity index (χ3n) is 6.39. The first-order valence-corrected chi connectivity index (χ1v) is 11.4. The van der Waals surface area contributed by atoms with Crippen LogP contribution in [0, 0.1) is 0 Å². The number of amides is 2. The van der Waals surface area contributed by atoms with Crippen molar-refractivity contribution in [3.05, 3.63) is 71.8 Å². The van der Waals surface area contributed by atoms with Gasteiger partial charge in [-0.3, -0.25) is 19.5 Å². The van der Waals surface area contributed by atoms with E-state index in [1.165, 1.54) is 23.2 Å². The van der Waals surface area contributed by atoms with Crippen molar-refractivity contribution in [3.63, 3.8) is 0 Å². The van der Waals surface area contributed by atoms with Gasteiger partial charge in [0.25, 0.3) is 11.8 Å². The Labute approximate surface area is 205 Å². The number of carbonyl (C=O) groups excluding carboxylic acids is 2. The van der Waals surface area contributed by atoms with Gasteiger partial charge in [0, 0.05) is 49.8 Å². The lowest BCUT2D eigenvalue weighted by atomic mass is 10.1. The van der Waals surface area contributed by atoms with E-state index in [1.54, 1.807) is 29.1 Å². The minimum absolute atomic E-state index is 0.00927. The molecule has 5 rings (SSSR count). The lowest BCUT2D eigenvalue weighted by Gasteiger charge is -2.36. The number of pyridine rings is 1. The molecule has 0 spiro atoms. The van der Waals surface area contributed by atoms with E-state index < -0.39 is 23.6 Å². The molecule has 2 aliphatic rings. The average molecular weight is 499 g/mol. The van der Waals surface area contributed by atoms with Crippen LogP contribution in [0.4, 0.5) is 24.5 Å². The van der Waals surface area contributed by atoms with Crippen LogP contribution in [0.15, 0.2) is 55.0 Å². The van der Waals surface area contributed by atoms with Crippen LogP contribution in [0.2, 0.25) is 0 Å². The first-order valence-electron chi connectivity index (χ1n) is 11.4. The molecular formula is C25H24F3N5O3. The number of likely N-dealkylation sites (tertiary alicyclic amines) is 1. The highest BCUT2D eigenvalue weighted by atomic mass is 19.4. The number of ether oxygens (including phenoxy) is 1. The maximum atomic E-state index is 13.4. The number of carbonyl (C=O) groups is 2. The lowest BCUT2D eigenvalue weighted by Crippen LogP contribution is -2.51. The molecule has 2 amide bonds. The average Bonchev–Trinajstić information content (AvgIpc) is 3.27. The Morgan fingerprint density at radius 1 is 1.11 bits per heavy atom. The number of anilines is 2. The predicted molar refractivity (Wildman–Crippen MR) is 126 cm³/mol. The van der Waals surface area contributed by atoms with Crippen LogP contribution in [-0.2, 0) is 6.18 Å². The molecule has 1 N–H and O–H groups in total. The van der Waals surface area contributed by atoms with Crippen LogP contribution in [0.1, 0.15) is 39.4 Å². The van der Waals surface area contributed by atoms with Crippen molar-refractivity contribution in [2.75, 3.05) is 36.9 Å². The van der Waals surface area contributed by atoms with Gasteiger partial charge in [-0.1, -0.05) is 0 Å². The molecule has 1 atom stereocenters. The second-order valence-corrected chi connectivity index (χ2v) is 9.08. The van der Waals surface area contributed by atoms with Gasteiger partial charge in [-0.15, -0.1) is 0 Å². The molecule has 188 valence electrons. The van der Waals surface area contributed by atoms with Crippen molar-refractivity contribution in [2.45, 2.75) is 25.2 Å². The van der Waals surface area contributed by atoms with Gasteiger partial charge in [-0.25, -0.2) is 0 Å². The van der Waals surface area contributed by atoms with Crippen molar-refractivity contribution in [1.29, 1.82) is 0 Å². The summed E-state index contributed by atoms with van der Waals surface area (Å²) in [6.45, 7) is 3.67. The van der Waals surface area contributed by atoms with Gasteiger partial charge < -0.3 is 19.5 Å². The third kappa shape index (κ3) is 4.41. The second-order valence-electron chi connectivity index (χ2n) is 9.08. The zero-order chi connectivity index (χ0) is 25.6. The number of hydrogen-bond donors (Lipinski definition) is 1. The first-order chi connectivity index (χ1) is 17.1. The molecule has 1 saturated heterocycles. The molecule has 1 fully saturated rings. The second kappa shape index (κ2) is 8.98. The standard InChI is InChI=1S/C25H24F3N5O3/c1-15-12-33(17-5-3-16(4-6-17)25(26,27)28)24(35)22-19(8-10-32(15)22)23(34)30-20-11-29-9-7-21(20)36-18-13-31(2)14-18/h3-11,15,18H,12-14H2,1-2H3,(H,30,34)/t15-/m0/s1. The van der Waals surface area contributed by atoms with Gasteiger partial charge in [0.15, 0.2) is 0 Å². The molecule has 0 aliphatic carbocycles. The van der Waals surface area contributed by atoms with E-state index in [0.29, 0.717) is 17.1 Å². The number of aromatic nitrogens is 2. The van der Waals surface area contributed by atoms with Crippen molar-refractivity contribution in [3.8, 4) is 5.75 Å². The highest BCUT2D eigenvalue weighted by Crippen LogP contribution is 2.34. The maximum absolute atomic E-state index is 13.4. The van der Waals surface area contributed by atoms with E-state index in [2.05, 4.69) is 15.2 Å². The number of alkyl halides is 3. The minimum Gasteiger partial charge on any atom is -0.485 e. The SMILES string of the molecule is C[C@H]1CN(c2ccc(C(F)(F)F)cc2)C(=O)c2c(C(=O)Nc3cnccc3OC3CN(C)C3)ccn21. The van der Waals surface area contributed by atoms with E-state index in [-0.39, 0.29) is 29.9 Å². The Bertz CT molecular complexity index is 1300. The zero-order valence-corrected chi connectivity index (χ0v) is 19.6. The molecule has 11 heteroatoms. The number of nitrogens with zero attached hydrogens (tertiary/aromatic N) is 4. The number of rotatable bonds is 5. The molecular weight excluding hydrogens is 475 g/mol. The third-order valence-corrected chi connectivity index (χ3v) is 6.39. The minimum atomic E-state index is -4.47. The van der Waals surface area contributed by atoms with Gasteiger partial charge >= 0.3 is 6.18 Å². The molecule has 4 heterocycles. The highest BCUT2D eigenvalue weighted by molar-refractivity contribution is 6.16. The van der Waals surface area contributed by atoms with E-state index in [0.717, 1.165) is 25.2 Å². The largest absolute Gasteiger partial charge is 0.485 e.